The van der Waals surface area contributed by atoms with Crippen LogP contribution in [-0.2, 0) is 21.6 Å². The number of ether oxygens (including phenoxy) is 3. The van der Waals surface area contributed by atoms with E-state index in [4.69, 9.17) is 14.2 Å². The zero-order valence-corrected chi connectivity index (χ0v) is 14.0. The third-order valence-electron chi connectivity index (χ3n) is 3.82. The summed E-state index contributed by atoms with van der Waals surface area (Å²) in [6, 6.07) is 15.4. The van der Waals surface area contributed by atoms with Gasteiger partial charge in [-0.3, -0.25) is 4.79 Å². The summed E-state index contributed by atoms with van der Waals surface area (Å²) < 4.78 is 16.1. The lowest BCUT2D eigenvalue weighted by Crippen LogP contribution is -2.30. The summed E-state index contributed by atoms with van der Waals surface area (Å²) in [5.41, 5.74) is 1.12. The van der Waals surface area contributed by atoms with Crippen molar-refractivity contribution in [2.75, 3.05) is 14.2 Å². The van der Waals surface area contributed by atoms with Gasteiger partial charge >= 0.3 is 5.97 Å². The van der Waals surface area contributed by atoms with Crippen LogP contribution >= 0.6 is 0 Å². The van der Waals surface area contributed by atoms with E-state index in [1.54, 1.807) is 13.2 Å². The van der Waals surface area contributed by atoms with Crippen LogP contribution in [0.3, 0.4) is 0 Å². The Hall–Kier alpha value is -2.49. The van der Waals surface area contributed by atoms with Crippen molar-refractivity contribution in [2.24, 2.45) is 0 Å². The number of hydrogen-bond donors (Lipinski definition) is 0. The van der Waals surface area contributed by atoms with Crippen molar-refractivity contribution in [3.8, 4) is 11.5 Å². The van der Waals surface area contributed by atoms with Gasteiger partial charge in [0.25, 0.3) is 0 Å². The highest BCUT2D eigenvalue weighted by molar-refractivity contribution is 5.82. The van der Waals surface area contributed by atoms with E-state index in [0.717, 1.165) is 11.1 Å². The number of benzene rings is 2. The average molecular weight is 314 g/mol. The molecule has 0 heterocycles. The van der Waals surface area contributed by atoms with Crippen LogP contribution in [0.4, 0.5) is 0 Å². The number of carbonyl (C=O) groups excluding carboxylic acids is 1. The van der Waals surface area contributed by atoms with Gasteiger partial charge in [0.2, 0.25) is 0 Å². The van der Waals surface area contributed by atoms with Gasteiger partial charge < -0.3 is 14.2 Å². The summed E-state index contributed by atoms with van der Waals surface area (Å²) in [7, 11) is 2.98. The summed E-state index contributed by atoms with van der Waals surface area (Å²) >= 11 is 0. The summed E-state index contributed by atoms with van der Waals surface area (Å²) in [6.45, 7) is 4.07. The zero-order valence-electron chi connectivity index (χ0n) is 14.0. The summed E-state index contributed by atoms with van der Waals surface area (Å²) in [4.78, 5) is 12.0. The molecule has 0 aromatic heterocycles. The second-order valence-corrected chi connectivity index (χ2v) is 5.76. The Bertz CT molecular complexity index is 662. The molecule has 4 nitrogen and oxygen atoms in total. The van der Waals surface area contributed by atoms with Crippen molar-refractivity contribution in [3.05, 3.63) is 59.7 Å². The lowest BCUT2D eigenvalue weighted by molar-refractivity contribution is -0.146. The van der Waals surface area contributed by atoms with Gasteiger partial charge in [-0.2, -0.15) is 0 Å². The van der Waals surface area contributed by atoms with E-state index in [2.05, 4.69) is 0 Å². The third-order valence-corrected chi connectivity index (χ3v) is 3.82. The van der Waals surface area contributed by atoms with Crippen molar-refractivity contribution in [1.82, 2.24) is 0 Å². The second kappa shape index (κ2) is 7.18. The van der Waals surface area contributed by atoms with E-state index in [9.17, 15) is 4.79 Å². The molecule has 0 fully saturated rings. The fraction of sp³-hybridized carbons (Fsp3) is 0.316. The molecule has 2 rings (SSSR count). The summed E-state index contributed by atoms with van der Waals surface area (Å²) in [5, 5.41) is 0. The molecule has 0 unspecified atom stereocenters. The molecule has 0 aliphatic heterocycles. The Morgan fingerprint density at radius 3 is 2.30 bits per heavy atom. The molecule has 4 heteroatoms. The van der Waals surface area contributed by atoms with Gasteiger partial charge in [-0.1, -0.05) is 36.4 Å². The first-order valence-electron chi connectivity index (χ1n) is 7.42. The van der Waals surface area contributed by atoms with Crippen molar-refractivity contribution in [3.63, 3.8) is 0 Å². The SMILES string of the molecule is COC(=O)C(C)(C)c1ccc(OC)c(OCc2ccccc2)c1. The van der Waals surface area contributed by atoms with E-state index in [0.29, 0.717) is 18.1 Å². The largest absolute Gasteiger partial charge is 0.493 e. The highest BCUT2D eigenvalue weighted by Crippen LogP contribution is 2.34. The summed E-state index contributed by atoms with van der Waals surface area (Å²) in [5.74, 6) is 0.938. The molecule has 122 valence electrons. The molecule has 2 aromatic rings. The minimum Gasteiger partial charge on any atom is -0.493 e. The number of carbonyl (C=O) groups is 1. The van der Waals surface area contributed by atoms with Crippen LogP contribution in [0.1, 0.15) is 25.0 Å². The third kappa shape index (κ3) is 3.83. The van der Waals surface area contributed by atoms with Crippen LogP contribution in [0.15, 0.2) is 48.5 Å². The van der Waals surface area contributed by atoms with Crippen LogP contribution in [0.2, 0.25) is 0 Å². The monoisotopic (exact) mass is 314 g/mol. The van der Waals surface area contributed by atoms with Gasteiger partial charge in [0.15, 0.2) is 11.5 Å². The van der Waals surface area contributed by atoms with Gasteiger partial charge in [-0.15, -0.1) is 0 Å². The molecule has 0 amide bonds. The second-order valence-electron chi connectivity index (χ2n) is 5.76. The van der Waals surface area contributed by atoms with E-state index in [-0.39, 0.29) is 5.97 Å². The molecule has 23 heavy (non-hydrogen) atoms. The molecule has 0 aliphatic carbocycles. The maximum Gasteiger partial charge on any atom is 0.315 e. The lowest BCUT2D eigenvalue weighted by Gasteiger charge is -2.23. The maximum absolute atomic E-state index is 12.0. The maximum atomic E-state index is 12.0. The molecular formula is C19H22O4. The molecule has 0 atom stereocenters. The van der Waals surface area contributed by atoms with E-state index in [1.807, 2.05) is 56.3 Å². The van der Waals surface area contributed by atoms with E-state index >= 15 is 0 Å². The Kier molecular flexibility index (Phi) is 5.27. The van der Waals surface area contributed by atoms with Gasteiger partial charge in [-0.25, -0.2) is 0 Å². The van der Waals surface area contributed by atoms with Crippen LogP contribution in [0.5, 0.6) is 11.5 Å². The Labute approximate surface area is 137 Å². The van der Waals surface area contributed by atoms with Gasteiger partial charge in [0.1, 0.15) is 6.61 Å². The van der Waals surface area contributed by atoms with Crippen molar-refractivity contribution >= 4 is 5.97 Å². The first-order valence-corrected chi connectivity index (χ1v) is 7.42. The minimum absolute atomic E-state index is 0.295. The normalized spacial score (nSPS) is 11.0. The predicted molar refractivity (Wildman–Crippen MR) is 88.8 cm³/mol. The Morgan fingerprint density at radius 1 is 1.00 bits per heavy atom. The van der Waals surface area contributed by atoms with Crippen molar-refractivity contribution in [1.29, 1.82) is 0 Å². The lowest BCUT2D eigenvalue weighted by atomic mass is 9.84. The molecule has 0 bridgehead atoms. The fourth-order valence-electron chi connectivity index (χ4n) is 2.29. The van der Waals surface area contributed by atoms with E-state index < -0.39 is 5.41 Å². The molecule has 0 N–H and O–H groups in total. The first kappa shape index (κ1) is 16.9. The summed E-state index contributed by atoms with van der Waals surface area (Å²) in [6.07, 6.45) is 0. The van der Waals surface area contributed by atoms with Crippen molar-refractivity contribution in [2.45, 2.75) is 25.9 Å². The highest BCUT2D eigenvalue weighted by atomic mass is 16.5. The number of hydrogen-bond acceptors (Lipinski definition) is 4. The minimum atomic E-state index is -0.758. The number of methoxy groups -OCH3 is 2. The van der Waals surface area contributed by atoms with Crippen LogP contribution in [-0.4, -0.2) is 20.2 Å². The highest BCUT2D eigenvalue weighted by Gasteiger charge is 2.31. The van der Waals surface area contributed by atoms with Crippen LogP contribution < -0.4 is 9.47 Å². The van der Waals surface area contributed by atoms with Gasteiger partial charge in [0.05, 0.1) is 19.6 Å². The van der Waals surface area contributed by atoms with Gasteiger partial charge in [-0.05, 0) is 37.1 Å². The zero-order chi connectivity index (χ0) is 16.9. The van der Waals surface area contributed by atoms with Gasteiger partial charge in [0, 0.05) is 0 Å². The fourth-order valence-corrected chi connectivity index (χ4v) is 2.29. The predicted octanol–water partition coefficient (Wildman–Crippen LogP) is 3.72. The topological polar surface area (TPSA) is 44.8 Å². The van der Waals surface area contributed by atoms with E-state index in [1.165, 1.54) is 7.11 Å². The average Bonchev–Trinajstić information content (AvgIpc) is 2.59. The smallest absolute Gasteiger partial charge is 0.315 e. The van der Waals surface area contributed by atoms with Crippen molar-refractivity contribution < 1.29 is 19.0 Å². The number of rotatable bonds is 6. The first-order chi connectivity index (χ1) is 11.0. The molecule has 2 aromatic carbocycles. The molecular weight excluding hydrogens is 292 g/mol. The van der Waals surface area contributed by atoms with Crippen LogP contribution in [0, 0.1) is 0 Å². The Morgan fingerprint density at radius 2 is 1.70 bits per heavy atom. The van der Waals surface area contributed by atoms with Crippen LogP contribution in [0.25, 0.3) is 0 Å². The Balaban J connectivity index is 2.27. The molecule has 0 saturated heterocycles. The molecule has 0 radical (unpaired) electrons. The molecule has 0 saturated carbocycles. The molecule has 0 aliphatic rings. The quantitative estimate of drug-likeness (QED) is 0.762. The molecule has 0 spiro atoms. The standard InChI is InChI=1S/C19H22O4/c1-19(2,18(20)22-4)15-10-11-16(21-3)17(12-15)23-13-14-8-6-5-7-9-14/h5-12H,13H2,1-4H3. The number of esters is 1.